The summed E-state index contributed by atoms with van der Waals surface area (Å²) in [6.45, 7) is 5.73. The summed E-state index contributed by atoms with van der Waals surface area (Å²) < 4.78 is 0. The molecule has 0 aliphatic carbocycles. The first-order valence-corrected chi connectivity index (χ1v) is 6.27. The van der Waals surface area contributed by atoms with Crippen molar-refractivity contribution in [3.05, 3.63) is 0 Å². The lowest BCUT2D eigenvalue weighted by Gasteiger charge is -2.38. The van der Waals surface area contributed by atoms with Crippen molar-refractivity contribution in [1.82, 2.24) is 15.5 Å². The second-order valence-electron chi connectivity index (χ2n) is 4.71. The molecule has 0 bridgehead atoms. The van der Waals surface area contributed by atoms with E-state index in [4.69, 9.17) is 0 Å². The molecule has 0 unspecified atom stereocenters. The molecular formula is C12H25N3O. The zero-order chi connectivity index (χ0) is 12.0. The molecule has 1 aliphatic rings. The van der Waals surface area contributed by atoms with Gasteiger partial charge in [0.05, 0.1) is 5.41 Å². The Hall–Kier alpha value is -0.610. The second kappa shape index (κ2) is 6.21. The average molecular weight is 227 g/mol. The molecule has 0 radical (unpaired) electrons. The number of hydrogen-bond donors (Lipinski definition) is 2. The minimum absolute atomic E-state index is 0.103. The molecule has 1 aliphatic heterocycles. The van der Waals surface area contributed by atoms with Gasteiger partial charge in [-0.2, -0.15) is 0 Å². The van der Waals surface area contributed by atoms with E-state index in [1.165, 1.54) is 0 Å². The van der Waals surface area contributed by atoms with Crippen molar-refractivity contribution in [1.29, 1.82) is 0 Å². The summed E-state index contributed by atoms with van der Waals surface area (Å²) in [6.07, 6.45) is 2.91. The number of carbonyl (C=O) groups is 1. The summed E-state index contributed by atoms with van der Waals surface area (Å²) in [5.41, 5.74) is -0.103. The number of carbonyl (C=O) groups excluding carboxylic acids is 1. The Labute approximate surface area is 98.8 Å². The normalized spacial score (nSPS) is 19.4. The van der Waals surface area contributed by atoms with Crippen LogP contribution in [-0.2, 0) is 4.79 Å². The Kier molecular flexibility index (Phi) is 5.22. The third-order valence-corrected chi connectivity index (χ3v) is 3.74. The molecule has 1 heterocycles. The zero-order valence-electron chi connectivity index (χ0n) is 10.8. The predicted octanol–water partition coefficient (Wildman–Crippen LogP) is 0.444. The van der Waals surface area contributed by atoms with E-state index in [2.05, 4.69) is 17.6 Å². The van der Waals surface area contributed by atoms with Crippen molar-refractivity contribution in [3.8, 4) is 0 Å². The van der Waals surface area contributed by atoms with Crippen LogP contribution in [0.4, 0.5) is 0 Å². The first-order valence-electron chi connectivity index (χ1n) is 6.27. The van der Waals surface area contributed by atoms with Gasteiger partial charge >= 0.3 is 0 Å². The van der Waals surface area contributed by atoms with E-state index in [1.54, 1.807) is 0 Å². The minimum Gasteiger partial charge on any atom is -0.344 e. The molecule has 1 fully saturated rings. The first kappa shape index (κ1) is 13.5. The Morgan fingerprint density at radius 3 is 2.56 bits per heavy atom. The molecule has 0 atom stereocenters. The summed E-state index contributed by atoms with van der Waals surface area (Å²) >= 11 is 0. The topological polar surface area (TPSA) is 44.4 Å². The summed E-state index contributed by atoms with van der Waals surface area (Å²) in [7, 11) is 3.83. The highest BCUT2D eigenvalue weighted by molar-refractivity contribution is 5.82. The van der Waals surface area contributed by atoms with E-state index >= 15 is 0 Å². The Morgan fingerprint density at radius 2 is 2.06 bits per heavy atom. The molecular weight excluding hydrogens is 202 g/mol. The number of piperidine rings is 1. The Balaban J connectivity index is 2.60. The van der Waals surface area contributed by atoms with Crippen molar-refractivity contribution in [3.63, 3.8) is 0 Å². The Bertz CT molecular complexity index is 224. The molecule has 0 aromatic rings. The van der Waals surface area contributed by atoms with E-state index in [0.717, 1.165) is 45.4 Å². The van der Waals surface area contributed by atoms with Gasteiger partial charge < -0.3 is 15.5 Å². The fourth-order valence-electron chi connectivity index (χ4n) is 2.41. The summed E-state index contributed by atoms with van der Waals surface area (Å²) in [6, 6.07) is 0. The van der Waals surface area contributed by atoms with E-state index < -0.39 is 0 Å². The lowest BCUT2D eigenvalue weighted by atomic mass is 9.75. The fourth-order valence-corrected chi connectivity index (χ4v) is 2.41. The monoisotopic (exact) mass is 227 g/mol. The van der Waals surface area contributed by atoms with Gasteiger partial charge in [-0.05, 0) is 39.4 Å². The summed E-state index contributed by atoms with van der Waals surface area (Å²) in [4.78, 5) is 14.3. The van der Waals surface area contributed by atoms with Crippen LogP contribution in [0, 0.1) is 5.41 Å². The van der Waals surface area contributed by atoms with Gasteiger partial charge in [0, 0.05) is 20.1 Å². The van der Waals surface area contributed by atoms with Crippen molar-refractivity contribution in [2.45, 2.75) is 26.2 Å². The van der Waals surface area contributed by atoms with Crippen LogP contribution in [0.5, 0.6) is 0 Å². The van der Waals surface area contributed by atoms with Gasteiger partial charge in [0.2, 0.25) is 5.91 Å². The van der Waals surface area contributed by atoms with Gasteiger partial charge in [0.15, 0.2) is 0 Å². The number of likely N-dealkylation sites (N-methyl/N-ethyl adjacent to an activating group) is 2. The molecule has 4 nitrogen and oxygen atoms in total. The third-order valence-electron chi connectivity index (χ3n) is 3.74. The first-order chi connectivity index (χ1) is 7.66. The van der Waals surface area contributed by atoms with Crippen molar-refractivity contribution < 1.29 is 4.79 Å². The standard InChI is InChI=1S/C12H25N3O/c1-4-12(5-7-14-8-6-12)11(16)15(3)10-9-13-2/h13-14H,4-10H2,1-3H3. The lowest BCUT2D eigenvalue weighted by molar-refractivity contribution is -0.142. The molecule has 0 spiro atoms. The molecule has 1 saturated heterocycles. The van der Waals surface area contributed by atoms with Gasteiger partial charge in [0.1, 0.15) is 0 Å². The predicted molar refractivity (Wildman–Crippen MR) is 66.4 cm³/mol. The Morgan fingerprint density at radius 1 is 1.44 bits per heavy atom. The van der Waals surface area contributed by atoms with Gasteiger partial charge in [0.25, 0.3) is 0 Å². The maximum Gasteiger partial charge on any atom is 0.228 e. The second-order valence-corrected chi connectivity index (χ2v) is 4.71. The zero-order valence-corrected chi connectivity index (χ0v) is 10.8. The number of rotatable bonds is 5. The van der Waals surface area contributed by atoms with E-state index in [-0.39, 0.29) is 5.41 Å². The SMILES string of the molecule is CCC1(C(=O)N(C)CCNC)CCNCC1. The van der Waals surface area contributed by atoms with Gasteiger partial charge in [-0.1, -0.05) is 6.92 Å². The van der Waals surface area contributed by atoms with E-state index in [0.29, 0.717) is 5.91 Å². The van der Waals surface area contributed by atoms with Gasteiger partial charge in [-0.15, -0.1) is 0 Å². The maximum atomic E-state index is 12.4. The minimum atomic E-state index is -0.103. The van der Waals surface area contributed by atoms with Crippen molar-refractivity contribution in [2.75, 3.05) is 40.3 Å². The van der Waals surface area contributed by atoms with E-state index in [9.17, 15) is 4.79 Å². The lowest BCUT2D eigenvalue weighted by Crippen LogP contribution is -2.49. The van der Waals surface area contributed by atoms with Crippen LogP contribution >= 0.6 is 0 Å². The number of hydrogen-bond acceptors (Lipinski definition) is 3. The third kappa shape index (κ3) is 2.95. The number of nitrogens with zero attached hydrogens (tertiary/aromatic N) is 1. The fraction of sp³-hybridized carbons (Fsp3) is 0.917. The molecule has 94 valence electrons. The van der Waals surface area contributed by atoms with E-state index in [1.807, 2.05) is 19.0 Å². The van der Waals surface area contributed by atoms with Crippen molar-refractivity contribution >= 4 is 5.91 Å². The van der Waals surface area contributed by atoms with Crippen LogP contribution in [0.2, 0.25) is 0 Å². The highest BCUT2D eigenvalue weighted by Crippen LogP contribution is 2.34. The molecule has 4 heteroatoms. The highest BCUT2D eigenvalue weighted by atomic mass is 16.2. The largest absolute Gasteiger partial charge is 0.344 e. The molecule has 0 aromatic carbocycles. The highest BCUT2D eigenvalue weighted by Gasteiger charge is 2.39. The summed E-state index contributed by atoms with van der Waals surface area (Å²) in [5, 5.41) is 6.41. The maximum absolute atomic E-state index is 12.4. The van der Waals surface area contributed by atoms with Crippen LogP contribution in [0.15, 0.2) is 0 Å². The summed E-state index contributed by atoms with van der Waals surface area (Å²) in [5.74, 6) is 0.326. The molecule has 1 amide bonds. The quantitative estimate of drug-likeness (QED) is 0.716. The van der Waals surface area contributed by atoms with Gasteiger partial charge in [-0.3, -0.25) is 4.79 Å². The van der Waals surface area contributed by atoms with Crippen LogP contribution < -0.4 is 10.6 Å². The van der Waals surface area contributed by atoms with Crippen LogP contribution in [0.1, 0.15) is 26.2 Å². The van der Waals surface area contributed by atoms with Crippen LogP contribution in [0.3, 0.4) is 0 Å². The average Bonchev–Trinajstić information content (AvgIpc) is 2.35. The smallest absolute Gasteiger partial charge is 0.228 e. The van der Waals surface area contributed by atoms with Crippen LogP contribution in [-0.4, -0.2) is 51.1 Å². The van der Waals surface area contributed by atoms with Crippen LogP contribution in [0.25, 0.3) is 0 Å². The van der Waals surface area contributed by atoms with Crippen molar-refractivity contribution in [2.24, 2.45) is 5.41 Å². The molecule has 0 saturated carbocycles. The number of amides is 1. The molecule has 1 rings (SSSR count). The molecule has 2 N–H and O–H groups in total. The van der Waals surface area contributed by atoms with Gasteiger partial charge in [-0.25, -0.2) is 0 Å². The number of nitrogens with one attached hydrogen (secondary N) is 2. The molecule has 16 heavy (non-hydrogen) atoms. The molecule has 0 aromatic heterocycles.